The fraction of sp³-hybridized carbons (Fsp3) is 0.333. The third kappa shape index (κ3) is 4.54. The largest absolute Gasteiger partial charge is 0.425 e. The van der Waals surface area contributed by atoms with E-state index in [1.54, 1.807) is 30.4 Å². The zero-order valence-corrected chi connectivity index (χ0v) is 16.9. The average Bonchev–Trinajstić information content (AvgIpc) is 3.47. The van der Waals surface area contributed by atoms with E-state index in [4.69, 9.17) is 4.42 Å². The number of likely N-dealkylation sites (tertiary alicyclic amines) is 1. The van der Waals surface area contributed by atoms with Crippen molar-refractivity contribution in [3.63, 3.8) is 0 Å². The summed E-state index contributed by atoms with van der Waals surface area (Å²) in [6.07, 6.45) is 0.385. The van der Waals surface area contributed by atoms with E-state index in [1.165, 1.54) is 0 Å². The van der Waals surface area contributed by atoms with Gasteiger partial charge in [0.05, 0.1) is 12.3 Å². The van der Waals surface area contributed by atoms with Gasteiger partial charge in [-0.05, 0) is 23.6 Å². The van der Waals surface area contributed by atoms with Crippen LogP contribution in [0.2, 0.25) is 0 Å². The first-order valence-corrected chi connectivity index (χ1v) is 10.4. The standard InChI is InChI=1S/C21H22N4O3S/c1-14-23-24-21(28-14)18-13-25(19(26)10-17-8-5-9-29-17)12-16(18)11-22-20(27)15-6-3-2-4-7-15/h2-9,16,18H,10-13H2,1H3,(H,22,27)/t16-,18-/m0/s1. The minimum Gasteiger partial charge on any atom is -0.425 e. The number of hydrogen-bond acceptors (Lipinski definition) is 6. The molecular weight excluding hydrogens is 388 g/mol. The molecule has 3 aromatic rings. The van der Waals surface area contributed by atoms with Gasteiger partial charge in [-0.1, -0.05) is 24.3 Å². The summed E-state index contributed by atoms with van der Waals surface area (Å²) >= 11 is 1.58. The van der Waals surface area contributed by atoms with Crippen LogP contribution in [0.3, 0.4) is 0 Å². The number of nitrogens with one attached hydrogen (secondary N) is 1. The second-order valence-electron chi connectivity index (χ2n) is 7.16. The zero-order valence-electron chi connectivity index (χ0n) is 16.1. The Balaban J connectivity index is 1.45. The smallest absolute Gasteiger partial charge is 0.251 e. The minimum atomic E-state index is -0.130. The lowest BCUT2D eigenvalue weighted by Crippen LogP contribution is -2.34. The van der Waals surface area contributed by atoms with Crippen LogP contribution < -0.4 is 5.32 Å². The molecule has 2 aromatic heterocycles. The summed E-state index contributed by atoms with van der Waals surface area (Å²) in [7, 11) is 0. The number of nitrogens with zero attached hydrogens (tertiary/aromatic N) is 3. The van der Waals surface area contributed by atoms with Crippen LogP contribution in [0, 0.1) is 12.8 Å². The van der Waals surface area contributed by atoms with Crippen molar-refractivity contribution >= 4 is 23.2 Å². The number of hydrogen-bond donors (Lipinski definition) is 1. The zero-order chi connectivity index (χ0) is 20.2. The Bertz CT molecular complexity index is 971. The van der Waals surface area contributed by atoms with E-state index in [0.29, 0.717) is 43.4 Å². The van der Waals surface area contributed by atoms with Gasteiger partial charge in [0.25, 0.3) is 5.91 Å². The molecule has 150 valence electrons. The number of rotatable bonds is 6. The van der Waals surface area contributed by atoms with E-state index < -0.39 is 0 Å². The quantitative estimate of drug-likeness (QED) is 0.675. The number of carbonyl (C=O) groups is 2. The topological polar surface area (TPSA) is 88.3 Å². The van der Waals surface area contributed by atoms with Crippen molar-refractivity contribution in [3.8, 4) is 0 Å². The molecule has 0 radical (unpaired) electrons. The molecule has 0 saturated carbocycles. The Labute approximate surface area is 172 Å². The van der Waals surface area contributed by atoms with Gasteiger partial charge in [-0.25, -0.2) is 0 Å². The molecule has 2 atom stereocenters. The third-order valence-electron chi connectivity index (χ3n) is 5.12. The maximum absolute atomic E-state index is 12.8. The number of amides is 2. The lowest BCUT2D eigenvalue weighted by molar-refractivity contribution is -0.129. The second kappa shape index (κ2) is 8.57. The van der Waals surface area contributed by atoms with E-state index in [0.717, 1.165) is 4.88 Å². The van der Waals surface area contributed by atoms with Gasteiger partial charge in [0, 0.05) is 42.9 Å². The SMILES string of the molecule is Cc1nnc([C@H]2CN(C(=O)Cc3cccs3)C[C@@H]2CNC(=O)c2ccccc2)o1. The summed E-state index contributed by atoms with van der Waals surface area (Å²) in [5, 5.41) is 13.1. The van der Waals surface area contributed by atoms with Crippen molar-refractivity contribution in [1.29, 1.82) is 0 Å². The molecule has 2 amide bonds. The van der Waals surface area contributed by atoms with Crippen molar-refractivity contribution in [2.45, 2.75) is 19.3 Å². The molecule has 29 heavy (non-hydrogen) atoms. The number of aryl methyl sites for hydroxylation is 1. The molecule has 0 bridgehead atoms. The normalized spacial score (nSPS) is 18.7. The third-order valence-corrected chi connectivity index (χ3v) is 6.00. The Morgan fingerprint density at radius 3 is 2.69 bits per heavy atom. The van der Waals surface area contributed by atoms with Crippen LogP contribution in [0.25, 0.3) is 0 Å². The highest BCUT2D eigenvalue weighted by atomic mass is 32.1. The fourth-order valence-corrected chi connectivity index (χ4v) is 4.31. The monoisotopic (exact) mass is 410 g/mol. The van der Waals surface area contributed by atoms with Gasteiger partial charge >= 0.3 is 0 Å². The van der Waals surface area contributed by atoms with Gasteiger partial charge in [-0.2, -0.15) is 0 Å². The van der Waals surface area contributed by atoms with Gasteiger partial charge in [0.2, 0.25) is 17.7 Å². The summed E-state index contributed by atoms with van der Waals surface area (Å²) in [6, 6.07) is 13.0. The molecule has 1 N–H and O–H groups in total. The molecule has 3 heterocycles. The molecule has 1 fully saturated rings. The highest BCUT2D eigenvalue weighted by Crippen LogP contribution is 2.32. The summed E-state index contributed by atoms with van der Waals surface area (Å²) in [5.41, 5.74) is 0.612. The molecule has 1 aromatic carbocycles. The summed E-state index contributed by atoms with van der Waals surface area (Å²) in [5.74, 6) is 0.873. The van der Waals surface area contributed by atoms with Crippen LogP contribution in [-0.4, -0.2) is 46.5 Å². The van der Waals surface area contributed by atoms with Gasteiger partial charge < -0.3 is 14.6 Å². The summed E-state index contributed by atoms with van der Waals surface area (Å²) in [6.45, 7) is 3.24. The molecule has 1 aliphatic heterocycles. The van der Waals surface area contributed by atoms with Gasteiger partial charge in [-0.15, -0.1) is 21.5 Å². The number of benzene rings is 1. The lowest BCUT2D eigenvalue weighted by Gasteiger charge is -2.16. The predicted molar refractivity (Wildman–Crippen MR) is 109 cm³/mol. The van der Waals surface area contributed by atoms with Crippen LogP contribution in [0.4, 0.5) is 0 Å². The van der Waals surface area contributed by atoms with Crippen molar-refractivity contribution in [1.82, 2.24) is 20.4 Å². The number of aromatic nitrogens is 2. The summed E-state index contributed by atoms with van der Waals surface area (Å²) in [4.78, 5) is 28.1. The molecular formula is C21H22N4O3S. The van der Waals surface area contributed by atoms with Crippen molar-refractivity contribution in [3.05, 3.63) is 70.1 Å². The van der Waals surface area contributed by atoms with Crippen LogP contribution in [0.1, 0.15) is 32.9 Å². The Morgan fingerprint density at radius 1 is 1.17 bits per heavy atom. The molecule has 0 spiro atoms. The Hall–Kier alpha value is -3.00. The van der Waals surface area contributed by atoms with Crippen LogP contribution >= 0.6 is 11.3 Å². The Morgan fingerprint density at radius 2 is 2.00 bits per heavy atom. The highest BCUT2D eigenvalue weighted by molar-refractivity contribution is 7.10. The molecule has 1 saturated heterocycles. The average molecular weight is 410 g/mol. The maximum atomic E-state index is 12.8. The molecule has 0 unspecified atom stereocenters. The fourth-order valence-electron chi connectivity index (χ4n) is 3.61. The van der Waals surface area contributed by atoms with Crippen molar-refractivity contribution in [2.24, 2.45) is 5.92 Å². The number of carbonyl (C=O) groups excluding carboxylic acids is 2. The first kappa shape index (κ1) is 19.3. The molecule has 4 rings (SSSR count). The van der Waals surface area contributed by atoms with Gasteiger partial charge in [0.15, 0.2) is 0 Å². The second-order valence-corrected chi connectivity index (χ2v) is 8.19. The van der Waals surface area contributed by atoms with Crippen LogP contribution in [-0.2, 0) is 11.2 Å². The molecule has 7 nitrogen and oxygen atoms in total. The first-order valence-electron chi connectivity index (χ1n) is 9.53. The Kier molecular flexibility index (Phi) is 5.71. The van der Waals surface area contributed by atoms with Crippen LogP contribution in [0.15, 0.2) is 52.3 Å². The van der Waals surface area contributed by atoms with Gasteiger partial charge in [-0.3, -0.25) is 9.59 Å². The van der Waals surface area contributed by atoms with E-state index >= 15 is 0 Å². The minimum absolute atomic E-state index is 0.00907. The predicted octanol–water partition coefficient (Wildman–Crippen LogP) is 2.65. The van der Waals surface area contributed by atoms with E-state index in [1.807, 2.05) is 40.6 Å². The van der Waals surface area contributed by atoms with E-state index in [-0.39, 0.29) is 23.7 Å². The van der Waals surface area contributed by atoms with Crippen LogP contribution in [0.5, 0.6) is 0 Å². The van der Waals surface area contributed by atoms with Gasteiger partial charge in [0.1, 0.15) is 0 Å². The molecule has 8 heteroatoms. The molecule has 0 aliphatic carbocycles. The molecule has 1 aliphatic rings. The number of thiophene rings is 1. The highest BCUT2D eigenvalue weighted by Gasteiger charge is 2.39. The van der Waals surface area contributed by atoms with Crippen molar-refractivity contribution < 1.29 is 14.0 Å². The summed E-state index contributed by atoms with van der Waals surface area (Å²) < 4.78 is 5.65. The van der Waals surface area contributed by atoms with E-state index in [2.05, 4.69) is 15.5 Å². The van der Waals surface area contributed by atoms with Crippen molar-refractivity contribution in [2.75, 3.05) is 19.6 Å². The lowest BCUT2D eigenvalue weighted by atomic mass is 9.96. The maximum Gasteiger partial charge on any atom is 0.251 e. The first-order chi connectivity index (χ1) is 14.1. The van der Waals surface area contributed by atoms with E-state index in [9.17, 15) is 9.59 Å².